The van der Waals surface area contributed by atoms with Crippen LogP contribution in [0.15, 0.2) is 35.6 Å². The fourth-order valence-corrected chi connectivity index (χ4v) is 5.09. The third-order valence-corrected chi connectivity index (χ3v) is 7.22. The van der Waals surface area contributed by atoms with Crippen LogP contribution in [-0.2, 0) is 9.53 Å². The number of rotatable bonds is 12. The summed E-state index contributed by atoms with van der Waals surface area (Å²) >= 11 is 1.60. The van der Waals surface area contributed by atoms with Crippen molar-refractivity contribution in [2.24, 2.45) is 0 Å². The molecule has 0 bridgehead atoms. The van der Waals surface area contributed by atoms with E-state index in [0.29, 0.717) is 19.6 Å². The van der Waals surface area contributed by atoms with Gasteiger partial charge >= 0.3 is 0 Å². The molecule has 7 nitrogen and oxygen atoms in total. The first-order valence-electron chi connectivity index (χ1n) is 12.2. The number of aromatic nitrogens is 2. The second kappa shape index (κ2) is 13.7. The SMILES string of the molecule is CCN(CC)CCC(=O)N1CCC[C@@H](c2nc(SCCOC)ncc2-c2cccc(OC)c2)C1. The molecule has 8 heteroatoms. The summed E-state index contributed by atoms with van der Waals surface area (Å²) in [6.45, 7) is 9.22. The minimum atomic E-state index is 0.178. The van der Waals surface area contributed by atoms with Gasteiger partial charge in [0, 0.05) is 56.6 Å². The van der Waals surface area contributed by atoms with Crippen LogP contribution in [0.5, 0.6) is 5.75 Å². The molecule has 1 fully saturated rings. The molecule has 34 heavy (non-hydrogen) atoms. The van der Waals surface area contributed by atoms with Crippen molar-refractivity contribution < 1.29 is 14.3 Å². The molecule has 0 aliphatic carbocycles. The molecule has 1 aliphatic heterocycles. The highest BCUT2D eigenvalue weighted by Crippen LogP contribution is 2.35. The average Bonchev–Trinajstić information content (AvgIpc) is 2.89. The molecule has 3 rings (SSSR count). The first kappa shape index (κ1) is 26.4. The van der Waals surface area contributed by atoms with Gasteiger partial charge in [-0.05, 0) is 43.6 Å². The highest BCUT2D eigenvalue weighted by molar-refractivity contribution is 7.99. The molecule has 186 valence electrons. The zero-order valence-electron chi connectivity index (χ0n) is 21.0. The molecule has 1 atom stereocenters. The van der Waals surface area contributed by atoms with E-state index < -0.39 is 0 Å². The number of amides is 1. The van der Waals surface area contributed by atoms with E-state index in [4.69, 9.17) is 14.5 Å². The van der Waals surface area contributed by atoms with Crippen molar-refractivity contribution in [3.05, 3.63) is 36.2 Å². The van der Waals surface area contributed by atoms with Crippen LogP contribution >= 0.6 is 11.8 Å². The number of benzene rings is 1. The third-order valence-electron chi connectivity index (χ3n) is 6.39. The molecule has 0 spiro atoms. The summed E-state index contributed by atoms with van der Waals surface area (Å²) in [4.78, 5) is 27.0. The summed E-state index contributed by atoms with van der Waals surface area (Å²) in [5.74, 6) is 2.02. The molecule has 0 N–H and O–H groups in total. The van der Waals surface area contributed by atoms with Crippen LogP contribution in [0.1, 0.15) is 44.7 Å². The van der Waals surface area contributed by atoms with Gasteiger partial charge in [-0.15, -0.1) is 0 Å². The molecule has 1 aliphatic rings. The van der Waals surface area contributed by atoms with Crippen LogP contribution in [0.2, 0.25) is 0 Å². The monoisotopic (exact) mass is 486 g/mol. The lowest BCUT2D eigenvalue weighted by molar-refractivity contribution is -0.132. The predicted molar refractivity (Wildman–Crippen MR) is 138 cm³/mol. The fourth-order valence-electron chi connectivity index (χ4n) is 4.37. The van der Waals surface area contributed by atoms with Crippen LogP contribution < -0.4 is 4.74 Å². The number of nitrogens with zero attached hydrogens (tertiary/aromatic N) is 4. The maximum Gasteiger partial charge on any atom is 0.223 e. The van der Waals surface area contributed by atoms with Gasteiger partial charge in [-0.1, -0.05) is 37.7 Å². The zero-order valence-corrected chi connectivity index (χ0v) is 21.8. The highest BCUT2D eigenvalue weighted by Gasteiger charge is 2.28. The number of hydrogen-bond donors (Lipinski definition) is 0. The van der Waals surface area contributed by atoms with Crippen LogP contribution in [0, 0.1) is 0 Å². The largest absolute Gasteiger partial charge is 0.497 e. The summed E-state index contributed by atoms with van der Waals surface area (Å²) in [6.07, 6.45) is 4.48. The van der Waals surface area contributed by atoms with E-state index in [0.717, 1.165) is 72.5 Å². The molecule has 1 saturated heterocycles. The smallest absolute Gasteiger partial charge is 0.223 e. The van der Waals surface area contributed by atoms with Gasteiger partial charge in [-0.2, -0.15) is 0 Å². The van der Waals surface area contributed by atoms with Crippen molar-refractivity contribution >= 4 is 17.7 Å². The van der Waals surface area contributed by atoms with Gasteiger partial charge in [0.2, 0.25) is 5.91 Å². The lowest BCUT2D eigenvalue weighted by Crippen LogP contribution is -2.41. The Morgan fingerprint density at radius 3 is 2.82 bits per heavy atom. The Balaban J connectivity index is 1.84. The second-order valence-corrected chi connectivity index (χ2v) is 9.54. The zero-order chi connectivity index (χ0) is 24.3. The minimum absolute atomic E-state index is 0.178. The van der Waals surface area contributed by atoms with Gasteiger partial charge in [-0.3, -0.25) is 4.79 Å². The molecular weight excluding hydrogens is 448 g/mol. The van der Waals surface area contributed by atoms with Gasteiger partial charge < -0.3 is 19.3 Å². The lowest BCUT2D eigenvalue weighted by Gasteiger charge is -2.34. The summed E-state index contributed by atoms with van der Waals surface area (Å²) in [6, 6.07) is 8.02. The number of carbonyl (C=O) groups is 1. The van der Waals surface area contributed by atoms with E-state index in [1.54, 1.807) is 26.0 Å². The van der Waals surface area contributed by atoms with E-state index in [-0.39, 0.29) is 11.8 Å². The predicted octanol–water partition coefficient (Wildman–Crippen LogP) is 4.33. The van der Waals surface area contributed by atoms with Crippen LogP contribution in [0.3, 0.4) is 0 Å². The van der Waals surface area contributed by atoms with Gasteiger partial charge in [0.15, 0.2) is 5.16 Å². The molecule has 0 unspecified atom stereocenters. The van der Waals surface area contributed by atoms with E-state index in [1.807, 2.05) is 29.3 Å². The van der Waals surface area contributed by atoms with E-state index in [1.165, 1.54) is 0 Å². The lowest BCUT2D eigenvalue weighted by atomic mass is 9.89. The van der Waals surface area contributed by atoms with Crippen LogP contribution in [0.25, 0.3) is 11.1 Å². The van der Waals surface area contributed by atoms with Crippen molar-refractivity contribution in [3.63, 3.8) is 0 Å². The van der Waals surface area contributed by atoms with Crippen molar-refractivity contribution in [2.75, 3.05) is 59.3 Å². The maximum absolute atomic E-state index is 13.0. The first-order valence-corrected chi connectivity index (χ1v) is 13.2. The number of methoxy groups -OCH3 is 2. The number of hydrogen-bond acceptors (Lipinski definition) is 7. The number of likely N-dealkylation sites (tertiary alicyclic amines) is 1. The van der Waals surface area contributed by atoms with E-state index >= 15 is 0 Å². The van der Waals surface area contributed by atoms with Crippen molar-refractivity contribution in [3.8, 4) is 16.9 Å². The minimum Gasteiger partial charge on any atom is -0.497 e. The van der Waals surface area contributed by atoms with Crippen LogP contribution in [-0.4, -0.2) is 85.0 Å². The Morgan fingerprint density at radius 1 is 1.26 bits per heavy atom. The summed E-state index contributed by atoms with van der Waals surface area (Å²) in [7, 11) is 3.38. The number of piperidine rings is 1. The number of thioether (sulfide) groups is 1. The van der Waals surface area contributed by atoms with Gasteiger partial charge in [0.1, 0.15) is 5.75 Å². The van der Waals surface area contributed by atoms with E-state index in [2.05, 4.69) is 29.8 Å². The van der Waals surface area contributed by atoms with E-state index in [9.17, 15) is 4.79 Å². The topological polar surface area (TPSA) is 67.8 Å². The van der Waals surface area contributed by atoms with Gasteiger partial charge in [0.05, 0.1) is 19.4 Å². The van der Waals surface area contributed by atoms with Gasteiger partial charge in [0.25, 0.3) is 0 Å². The summed E-state index contributed by atoms with van der Waals surface area (Å²) in [5, 5.41) is 0.753. The molecular formula is C26H38N4O3S. The summed E-state index contributed by atoms with van der Waals surface area (Å²) in [5.41, 5.74) is 3.06. The van der Waals surface area contributed by atoms with Crippen molar-refractivity contribution in [1.29, 1.82) is 0 Å². The number of carbonyl (C=O) groups excluding carboxylic acids is 1. The molecule has 2 aromatic rings. The highest BCUT2D eigenvalue weighted by atomic mass is 32.2. The van der Waals surface area contributed by atoms with Crippen molar-refractivity contribution in [1.82, 2.24) is 19.8 Å². The normalized spacial score (nSPS) is 16.1. The molecule has 0 radical (unpaired) electrons. The Hall–Kier alpha value is -2.16. The van der Waals surface area contributed by atoms with Crippen LogP contribution in [0.4, 0.5) is 0 Å². The molecule has 1 amide bonds. The second-order valence-electron chi connectivity index (χ2n) is 8.48. The third kappa shape index (κ3) is 7.17. The Kier molecular flexibility index (Phi) is 10.6. The average molecular weight is 487 g/mol. The quantitative estimate of drug-likeness (QED) is 0.251. The first-order chi connectivity index (χ1) is 16.6. The molecule has 2 heterocycles. The summed E-state index contributed by atoms with van der Waals surface area (Å²) < 4.78 is 10.6. The number of ether oxygens (including phenoxy) is 2. The molecule has 1 aromatic heterocycles. The fraction of sp³-hybridized carbons (Fsp3) is 0.577. The molecule has 1 aromatic carbocycles. The Morgan fingerprint density at radius 2 is 2.09 bits per heavy atom. The Labute approximate surface area is 208 Å². The molecule has 0 saturated carbocycles. The van der Waals surface area contributed by atoms with Crippen molar-refractivity contribution in [2.45, 2.75) is 44.2 Å². The Bertz CT molecular complexity index is 923. The standard InChI is InChI=1S/C26H38N4O3S/c1-5-29(6-2)14-12-24(31)30-13-8-10-21(19-30)25-23(20-9-7-11-22(17-20)33-4)18-27-26(28-25)34-16-15-32-3/h7,9,11,17-18,21H,5-6,8,10,12-16,19H2,1-4H3/t21-/m1/s1. The van der Waals surface area contributed by atoms with Gasteiger partial charge in [-0.25, -0.2) is 9.97 Å². The maximum atomic E-state index is 13.0.